The highest BCUT2D eigenvalue weighted by Gasteiger charge is 2.19. The van der Waals surface area contributed by atoms with Gasteiger partial charge in [0.1, 0.15) is 11.4 Å². The lowest BCUT2D eigenvalue weighted by atomic mass is 10.1. The number of aromatic nitrogens is 3. The van der Waals surface area contributed by atoms with E-state index in [4.69, 9.17) is 31.2 Å². The minimum absolute atomic E-state index is 0.215. The SMILES string of the molecule is COc1ccccc1-c1cc(C(=O)NCCN2CCOCC2)n2nc(-c3ccc(Cl)cc3)cc2n1. The Morgan fingerprint density at radius 2 is 1.86 bits per heavy atom. The van der Waals surface area contributed by atoms with Crippen LogP contribution >= 0.6 is 11.6 Å². The zero-order valence-electron chi connectivity index (χ0n) is 19.4. The molecule has 0 aliphatic carbocycles. The van der Waals surface area contributed by atoms with Gasteiger partial charge in [-0.3, -0.25) is 9.69 Å². The molecule has 9 heteroatoms. The van der Waals surface area contributed by atoms with Crippen LogP contribution in [0.25, 0.3) is 28.2 Å². The molecule has 2 aromatic carbocycles. The number of amides is 1. The fourth-order valence-corrected chi connectivity index (χ4v) is 4.26. The number of morpholine rings is 1. The molecule has 0 unspecified atom stereocenters. The molecule has 35 heavy (non-hydrogen) atoms. The molecule has 1 fully saturated rings. The van der Waals surface area contributed by atoms with Crippen LogP contribution in [0, 0.1) is 0 Å². The minimum Gasteiger partial charge on any atom is -0.496 e. The number of fused-ring (bicyclic) bond motifs is 1. The second-order valence-electron chi connectivity index (χ2n) is 8.24. The molecule has 1 aliphatic rings. The number of carbonyl (C=O) groups excluding carboxylic acids is 1. The van der Waals surface area contributed by atoms with Crippen molar-refractivity contribution in [3.8, 4) is 28.3 Å². The molecule has 2 aromatic heterocycles. The smallest absolute Gasteiger partial charge is 0.270 e. The number of nitrogens with one attached hydrogen (secondary N) is 1. The number of halogens is 1. The highest BCUT2D eigenvalue weighted by Crippen LogP contribution is 2.30. The predicted molar refractivity (Wildman–Crippen MR) is 135 cm³/mol. The highest BCUT2D eigenvalue weighted by atomic mass is 35.5. The molecule has 1 amide bonds. The van der Waals surface area contributed by atoms with Crippen molar-refractivity contribution in [3.05, 3.63) is 71.4 Å². The van der Waals surface area contributed by atoms with Crippen LogP contribution in [0.4, 0.5) is 0 Å². The quantitative estimate of drug-likeness (QED) is 0.423. The summed E-state index contributed by atoms with van der Waals surface area (Å²) in [7, 11) is 1.62. The molecule has 1 saturated heterocycles. The minimum atomic E-state index is -0.215. The second kappa shape index (κ2) is 10.4. The molecule has 0 radical (unpaired) electrons. The molecular formula is C26H26ClN5O3. The summed E-state index contributed by atoms with van der Waals surface area (Å²) in [6, 6.07) is 18.7. The van der Waals surface area contributed by atoms with Gasteiger partial charge in [0.05, 0.1) is 31.7 Å². The molecular weight excluding hydrogens is 466 g/mol. The lowest BCUT2D eigenvalue weighted by Crippen LogP contribution is -2.41. The van der Waals surface area contributed by atoms with Crippen molar-refractivity contribution in [3.63, 3.8) is 0 Å². The number of ether oxygens (including phenoxy) is 2. The molecule has 0 saturated carbocycles. The summed E-state index contributed by atoms with van der Waals surface area (Å²) >= 11 is 6.05. The Hall–Kier alpha value is -3.46. The van der Waals surface area contributed by atoms with Crippen LogP contribution in [0.15, 0.2) is 60.7 Å². The van der Waals surface area contributed by atoms with E-state index in [0.29, 0.717) is 40.0 Å². The first-order valence-electron chi connectivity index (χ1n) is 11.5. The van der Waals surface area contributed by atoms with Crippen molar-refractivity contribution in [2.45, 2.75) is 0 Å². The summed E-state index contributed by atoms with van der Waals surface area (Å²) in [4.78, 5) is 20.4. The van der Waals surface area contributed by atoms with Crippen LogP contribution in [0.3, 0.4) is 0 Å². The third-order valence-electron chi connectivity index (χ3n) is 6.00. The van der Waals surface area contributed by atoms with Crippen molar-refractivity contribution >= 4 is 23.2 Å². The van der Waals surface area contributed by atoms with E-state index >= 15 is 0 Å². The highest BCUT2D eigenvalue weighted by molar-refractivity contribution is 6.30. The van der Waals surface area contributed by atoms with E-state index in [1.807, 2.05) is 54.6 Å². The average Bonchev–Trinajstić information content (AvgIpc) is 3.33. The third kappa shape index (κ3) is 5.14. The lowest BCUT2D eigenvalue weighted by Gasteiger charge is -2.26. The zero-order valence-corrected chi connectivity index (χ0v) is 20.2. The molecule has 4 aromatic rings. The van der Waals surface area contributed by atoms with Gasteiger partial charge < -0.3 is 14.8 Å². The molecule has 5 rings (SSSR count). The summed E-state index contributed by atoms with van der Waals surface area (Å²) < 4.78 is 12.5. The van der Waals surface area contributed by atoms with Gasteiger partial charge >= 0.3 is 0 Å². The maximum absolute atomic E-state index is 13.3. The van der Waals surface area contributed by atoms with Crippen molar-refractivity contribution in [1.82, 2.24) is 24.8 Å². The molecule has 8 nitrogen and oxygen atoms in total. The number of methoxy groups -OCH3 is 1. The topological polar surface area (TPSA) is 81.0 Å². The molecule has 1 aliphatic heterocycles. The van der Waals surface area contributed by atoms with Crippen LogP contribution in [-0.4, -0.2) is 71.9 Å². The van der Waals surface area contributed by atoms with Crippen molar-refractivity contribution in [2.75, 3.05) is 46.5 Å². The van der Waals surface area contributed by atoms with Crippen LogP contribution in [0.1, 0.15) is 10.5 Å². The molecule has 0 spiro atoms. The zero-order chi connectivity index (χ0) is 24.2. The Morgan fingerprint density at radius 3 is 2.63 bits per heavy atom. The number of nitrogens with zero attached hydrogens (tertiary/aromatic N) is 4. The van der Waals surface area contributed by atoms with Crippen molar-refractivity contribution < 1.29 is 14.3 Å². The van der Waals surface area contributed by atoms with Crippen LogP contribution < -0.4 is 10.1 Å². The fraction of sp³-hybridized carbons (Fsp3) is 0.269. The van der Waals surface area contributed by atoms with Crippen molar-refractivity contribution in [2.24, 2.45) is 0 Å². The summed E-state index contributed by atoms with van der Waals surface area (Å²) in [5.74, 6) is 0.466. The number of hydrogen-bond acceptors (Lipinski definition) is 6. The Bertz CT molecular complexity index is 1330. The summed E-state index contributed by atoms with van der Waals surface area (Å²) in [5.41, 5.74) is 3.99. The van der Waals surface area contributed by atoms with E-state index in [9.17, 15) is 4.79 Å². The van der Waals surface area contributed by atoms with Crippen LogP contribution in [0.5, 0.6) is 5.75 Å². The second-order valence-corrected chi connectivity index (χ2v) is 8.68. The van der Waals surface area contributed by atoms with Crippen LogP contribution in [-0.2, 0) is 4.74 Å². The number of benzene rings is 2. The summed E-state index contributed by atoms with van der Waals surface area (Å²) in [6.07, 6.45) is 0. The average molecular weight is 492 g/mol. The number of rotatable bonds is 7. The van der Waals surface area contributed by atoms with Gasteiger partial charge in [-0.1, -0.05) is 35.9 Å². The van der Waals surface area contributed by atoms with Gasteiger partial charge in [-0.2, -0.15) is 5.10 Å². The van der Waals surface area contributed by atoms with Gasteiger partial charge in [-0.05, 0) is 30.3 Å². The van der Waals surface area contributed by atoms with Crippen molar-refractivity contribution in [1.29, 1.82) is 0 Å². The maximum atomic E-state index is 13.3. The number of hydrogen-bond donors (Lipinski definition) is 1. The number of para-hydroxylation sites is 1. The van der Waals surface area contributed by atoms with Gasteiger partial charge in [0.15, 0.2) is 5.65 Å². The lowest BCUT2D eigenvalue weighted by molar-refractivity contribution is 0.0383. The molecule has 3 heterocycles. The van der Waals surface area contributed by atoms with Gasteiger partial charge in [0.25, 0.3) is 5.91 Å². The molecule has 0 atom stereocenters. The Kier molecular flexibility index (Phi) is 6.94. The third-order valence-corrected chi connectivity index (χ3v) is 6.25. The van der Waals surface area contributed by atoms with Gasteiger partial charge in [0.2, 0.25) is 0 Å². The largest absolute Gasteiger partial charge is 0.496 e. The molecule has 1 N–H and O–H groups in total. The van der Waals surface area contributed by atoms with E-state index in [0.717, 1.165) is 44.0 Å². The Morgan fingerprint density at radius 1 is 1.09 bits per heavy atom. The molecule has 180 valence electrons. The maximum Gasteiger partial charge on any atom is 0.270 e. The standard InChI is InChI=1S/C26H26ClN5O3/c1-34-24-5-3-2-4-20(24)22-16-23(26(33)28-10-11-31-12-14-35-15-13-31)32-25(29-22)17-21(30-32)18-6-8-19(27)9-7-18/h2-9,16-17H,10-15H2,1H3,(H,28,33). The fourth-order valence-electron chi connectivity index (χ4n) is 4.14. The van der Waals surface area contributed by atoms with E-state index in [1.165, 1.54) is 0 Å². The van der Waals surface area contributed by atoms with Gasteiger partial charge in [-0.25, -0.2) is 9.50 Å². The van der Waals surface area contributed by atoms with E-state index in [1.54, 1.807) is 17.7 Å². The Balaban J connectivity index is 1.51. The first kappa shape index (κ1) is 23.3. The van der Waals surface area contributed by atoms with E-state index in [-0.39, 0.29) is 5.91 Å². The monoisotopic (exact) mass is 491 g/mol. The first-order valence-corrected chi connectivity index (χ1v) is 11.9. The Labute approximate surface area is 208 Å². The van der Waals surface area contributed by atoms with Gasteiger partial charge in [-0.15, -0.1) is 0 Å². The predicted octanol–water partition coefficient (Wildman–Crippen LogP) is 3.79. The summed E-state index contributed by atoms with van der Waals surface area (Å²) in [6.45, 7) is 4.48. The van der Waals surface area contributed by atoms with E-state index < -0.39 is 0 Å². The first-order chi connectivity index (χ1) is 17.1. The molecule has 0 bridgehead atoms. The number of carbonyl (C=O) groups is 1. The normalized spacial score (nSPS) is 14.2. The van der Waals surface area contributed by atoms with Crippen LogP contribution in [0.2, 0.25) is 5.02 Å². The summed E-state index contributed by atoms with van der Waals surface area (Å²) in [5, 5.41) is 8.39. The van der Waals surface area contributed by atoms with E-state index in [2.05, 4.69) is 10.2 Å². The van der Waals surface area contributed by atoms with Gasteiger partial charge in [0, 0.05) is 48.4 Å².